The van der Waals surface area contributed by atoms with E-state index in [1.54, 1.807) is 18.2 Å². The van der Waals surface area contributed by atoms with Gasteiger partial charge in [-0.25, -0.2) is 4.79 Å². The van der Waals surface area contributed by atoms with E-state index < -0.39 is 17.1 Å². The van der Waals surface area contributed by atoms with Crippen LogP contribution in [0.1, 0.15) is 35.7 Å². The van der Waals surface area contributed by atoms with Crippen LogP contribution in [0.15, 0.2) is 33.6 Å². The van der Waals surface area contributed by atoms with E-state index in [1.165, 1.54) is 26.4 Å². The van der Waals surface area contributed by atoms with Gasteiger partial charge in [0, 0.05) is 0 Å². The van der Waals surface area contributed by atoms with Crippen molar-refractivity contribution in [3.05, 3.63) is 51.3 Å². The van der Waals surface area contributed by atoms with Gasteiger partial charge in [0.05, 0.1) is 36.8 Å². The number of amides is 2. The van der Waals surface area contributed by atoms with Gasteiger partial charge in [0.25, 0.3) is 11.1 Å². The van der Waals surface area contributed by atoms with Gasteiger partial charge in [0.2, 0.25) is 5.76 Å². The molecule has 0 N–H and O–H groups in total. The number of hydrogen-bond donors (Lipinski definition) is 0. The minimum Gasteiger partial charge on any atom is -0.493 e. The zero-order chi connectivity index (χ0) is 22.7. The van der Waals surface area contributed by atoms with Gasteiger partial charge in [-0.3, -0.25) is 14.5 Å². The highest BCUT2D eigenvalue weighted by Crippen LogP contribution is 2.39. The first-order valence-corrected chi connectivity index (χ1v) is 10.4. The number of carbonyl (C=O) groups excluding carboxylic acids is 3. The summed E-state index contributed by atoms with van der Waals surface area (Å²) < 4.78 is 21.0. The van der Waals surface area contributed by atoms with Crippen LogP contribution in [-0.2, 0) is 16.1 Å². The summed E-state index contributed by atoms with van der Waals surface area (Å²) in [7, 11) is 2.72. The van der Waals surface area contributed by atoms with Crippen LogP contribution >= 0.6 is 23.4 Å². The van der Waals surface area contributed by atoms with Crippen LogP contribution in [-0.4, -0.2) is 42.3 Å². The van der Waals surface area contributed by atoms with Crippen LogP contribution in [0.3, 0.4) is 0 Å². The van der Waals surface area contributed by atoms with Crippen LogP contribution in [0.2, 0.25) is 5.02 Å². The summed E-state index contributed by atoms with van der Waals surface area (Å²) in [6.07, 6.45) is 1.45. The smallest absolute Gasteiger partial charge is 0.373 e. The first kappa shape index (κ1) is 22.8. The van der Waals surface area contributed by atoms with E-state index in [1.807, 2.05) is 13.8 Å². The fourth-order valence-electron chi connectivity index (χ4n) is 2.79. The molecule has 0 saturated carbocycles. The number of nitrogens with zero attached hydrogens (tertiary/aromatic N) is 1. The Morgan fingerprint density at radius 3 is 2.65 bits per heavy atom. The van der Waals surface area contributed by atoms with E-state index in [9.17, 15) is 14.4 Å². The first-order valence-electron chi connectivity index (χ1n) is 9.20. The molecule has 0 radical (unpaired) electrons. The maximum atomic E-state index is 12.8. The number of thioether (sulfide) groups is 1. The van der Waals surface area contributed by atoms with Crippen molar-refractivity contribution in [2.45, 2.75) is 26.5 Å². The Morgan fingerprint density at radius 1 is 1.26 bits per heavy atom. The van der Waals surface area contributed by atoms with Crippen molar-refractivity contribution in [1.29, 1.82) is 0 Å². The fraction of sp³-hybridized carbons (Fsp3) is 0.286. The number of carbonyl (C=O) groups is 3. The minimum absolute atomic E-state index is 0.00884. The lowest BCUT2D eigenvalue weighted by Crippen LogP contribution is -2.27. The molecule has 1 fully saturated rings. The quantitative estimate of drug-likeness (QED) is 0.427. The number of furan rings is 1. The van der Waals surface area contributed by atoms with Gasteiger partial charge in [-0.2, -0.15) is 0 Å². The van der Waals surface area contributed by atoms with Gasteiger partial charge in [0.1, 0.15) is 5.76 Å². The molecule has 0 unspecified atom stereocenters. The third-order valence-corrected chi connectivity index (χ3v) is 5.33. The van der Waals surface area contributed by atoms with E-state index in [0.29, 0.717) is 22.1 Å². The number of imide groups is 1. The van der Waals surface area contributed by atoms with E-state index >= 15 is 0 Å². The molecule has 0 atom stereocenters. The van der Waals surface area contributed by atoms with E-state index in [-0.39, 0.29) is 29.1 Å². The molecule has 3 rings (SSSR count). The van der Waals surface area contributed by atoms with Crippen molar-refractivity contribution >= 4 is 46.6 Å². The van der Waals surface area contributed by atoms with E-state index in [0.717, 1.165) is 16.7 Å². The van der Waals surface area contributed by atoms with Gasteiger partial charge in [-0.05, 0) is 61.5 Å². The Hall–Kier alpha value is -2.91. The zero-order valence-electron chi connectivity index (χ0n) is 17.3. The second-order valence-electron chi connectivity index (χ2n) is 6.73. The molecule has 2 amide bonds. The fourth-order valence-corrected chi connectivity index (χ4v) is 3.89. The molecule has 1 aromatic carbocycles. The maximum Gasteiger partial charge on any atom is 0.373 e. The number of hydrogen-bond acceptors (Lipinski definition) is 8. The van der Waals surface area contributed by atoms with Crippen LogP contribution in [0, 0.1) is 0 Å². The topological polar surface area (TPSA) is 95.3 Å². The largest absolute Gasteiger partial charge is 0.493 e. The SMILES string of the molecule is COC(=O)c1ccc(CN2C(=O)SC(=Cc3cc(Cl)c(OC(C)C)c(OC)c3)C2=O)o1. The van der Waals surface area contributed by atoms with Gasteiger partial charge < -0.3 is 18.6 Å². The first-order chi connectivity index (χ1) is 14.7. The average Bonchev–Trinajstić information content (AvgIpc) is 3.29. The molecule has 2 heterocycles. The summed E-state index contributed by atoms with van der Waals surface area (Å²) in [5, 5.41) is -0.130. The van der Waals surface area contributed by atoms with E-state index in [2.05, 4.69) is 4.74 Å². The number of rotatable bonds is 7. The number of esters is 1. The summed E-state index contributed by atoms with van der Waals surface area (Å²) in [4.78, 5) is 37.9. The monoisotopic (exact) mass is 465 g/mol. The molecule has 31 heavy (non-hydrogen) atoms. The predicted molar refractivity (Wildman–Crippen MR) is 115 cm³/mol. The van der Waals surface area contributed by atoms with Crippen molar-refractivity contribution in [2.75, 3.05) is 14.2 Å². The lowest BCUT2D eigenvalue weighted by Gasteiger charge is -2.15. The predicted octanol–water partition coefficient (Wildman–Crippen LogP) is 4.75. The lowest BCUT2D eigenvalue weighted by atomic mass is 10.1. The molecule has 0 bridgehead atoms. The molecule has 0 spiro atoms. The molecular weight excluding hydrogens is 446 g/mol. The summed E-state index contributed by atoms with van der Waals surface area (Å²) >= 11 is 7.13. The molecule has 2 aromatic rings. The standard InChI is InChI=1S/C21H20ClNO7S/c1-11(2)29-18-14(22)7-12(8-16(18)27-3)9-17-19(24)23(21(26)31-17)10-13-5-6-15(30-13)20(25)28-4/h5-9,11H,10H2,1-4H3. The van der Waals surface area contributed by atoms with Gasteiger partial charge in [0.15, 0.2) is 11.5 Å². The van der Waals surface area contributed by atoms with Crippen molar-refractivity contribution in [2.24, 2.45) is 0 Å². The minimum atomic E-state index is -0.643. The molecule has 1 saturated heterocycles. The van der Waals surface area contributed by atoms with Crippen molar-refractivity contribution in [3.63, 3.8) is 0 Å². The van der Waals surface area contributed by atoms with Crippen molar-refractivity contribution < 1.29 is 33.0 Å². The second-order valence-corrected chi connectivity index (χ2v) is 8.13. The maximum absolute atomic E-state index is 12.8. The number of halogens is 1. The average molecular weight is 466 g/mol. The van der Waals surface area contributed by atoms with Gasteiger partial charge in [-0.15, -0.1) is 0 Å². The van der Waals surface area contributed by atoms with Gasteiger partial charge >= 0.3 is 5.97 Å². The molecule has 1 aliphatic heterocycles. The van der Waals surface area contributed by atoms with Crippen LogP contribution in [0.4, 0.5) is 4.79 Å². The number of ether oxygens (including phenoxy) is 3. The normalized spacial score (nSPS) is 15.2. The second kappa shape index (κ2) is 9.49. The summed E-state index contributed by atoms with van der Waals surface area (Å²) in [5.41, 5.74) is 0.578. The summed E-state index contributed by atoms with van der Waals surface area (Å²) in [5.74, 6) is -0.0322. The Bertz CT molecular complexity index is 1060. The number of methoxy groups -OCH3 is 2. The highest BCUT2D eigenvalue weighted by Gasteiger charge is 2.36. The molecule has 1 aliphatic rings. The Morgan fingerprint density at radius 2 is 2.00 bits per heavy atom. The van der Waals surface area contributed by atoms with Crippen LogP contribution in [0.25, 0.3) is 6.08 Å². The molecule has 0 aliphatic carbocycles. The molecule has 164 valence electrons. The zero-order valence-corrected chi connectivity index (χ0v) is 18.8. The van der Waals surface area contributed by atoms with Crippen molar-refractivity contribution in [3.8, 4) is 11.5 Å². The Labute approximate surface area is 188 Å². The number of benzene rings is 1. The van der Waals surface area contributed by atoms with E-state index in [4.69, 9.17) is 25.5 Å². The third kappa shape index (κ3) is 5.05. The van der Waals surface area contributed by atoms with Crippen LogP contribution < -0.4 is 9.47 Å². The Balaban J connectivity index is 1.82. The summed E-state index contributed by atoms with van der Waals surface area (Å²) in [6.45, 7) is 3.63. The summed E-state index contributed by atoms with van der Waals surface area (Å²) in [6, 6.07) is 6.24. The lowest BCUT2D eigenvalue weighted by molar-refractivity contribution is -0.123. The third-order valence-electron chi connectivity index (χ3n) is 4.14. The molecule has 1 aromatic heterocycles. The highest BCUT2D eigenvalue weighted by molar-refractivity contribution is 8.18. The molecule has 8 nitrogen and oxygen atoms in total. The van der Waals surface area contributed by atoms with Crippen molar-refractivity contribution in [1.82, 2.24) is 4.90 Å². The Kier molecular flexibility index (Phi) is 6.97. The van der Waals surface area contributed by atoms with Crippen LogP contribution in [0.5, 0.6) is 11.5 Å². The molecule has 10 heteroatoms. The highest BCUT2D eigenvalue weighted by atomic mass is 35.5. The molecular formula is C21H20ClNO7S. The van der Waals surface area contributed by atoms with Gasteiger partial charge in [-0.1, -0.05) is 11.6 Å².